The largest absolute Gasteiger partial charge is 0.495 e. The van der Waals surface area contributed by atoms with E-state index in [1.807, 2.05) is 12.1 Å². The van der Waals surface area contributed by atoms with Crippen molar-refractivity contribution in [2.75, 3.05) is 7.11 Å². The van der Waals surface area contributed by atoms with Gasteiger partial charge in [0, 0.05) is 6.20 Å². The average molecular weight is 282 g/mol. The summed E-state index contributed by atoms with van der Waals surface area (Å²) in [6, 6.07) is 5.45. The van der Waals surface area contributed by atoms with Gasteiger partial charge in [-0.15, -0.1) is 5.10 Å². The van der Waals surface area contributed by atoms with Gasteiger partial charge in [0.25, 0.3) is 0 Å². The fraction of sp³-hybridized carbons (Fsp3) is 0.250. The first-order valence-corrected chi connectivity index (χ1v) is 5.90. The summed E-state index contributed by atoms with van der Waals surface area (Å²) in [4.78, 5) is 10.6. The van der Waals surface area contributed by atoms with Crippen LogP contribution >= 0.6 is 11.6 Å². The molecule has 0 aliphatic heterocycles. The van der Waals surface area contributed by atoms with Gasteiger partial charge in [-0.1, -0.05) is 28.9 Å². The first kappa shape index (κ1) is 13.4. The number of nitrogens with zero attached hydrogens (tertiary/aromatic N) is 3. The Balaban J connectivity index is 2.17. The first-order chi connectivity index (χ1) is 9.10. The minimum atomic E-state index is -0.938. The molecular formula is C12H12ClN3O3. The maximum Gasteiger partial charge on any atom is 0.309 e. The molecule has 1 heterocycles. The molecule has 6 nitrogen and oxygen atoms in total. The number of hydrogen-bond acceptors (Lipinski definition) is 4. The van der Waals surface area contributed by atoms with Crippen molar-refractivity contribution >= 4 is 17.6 Å². The third-order valence-electron chi connectivity index (χ3n) is 2.51. The van der Waals surface area contributed by atoms with E-state index in [0.717, 1.165) is 5.56 Å². The molecule has 0 saturated heterocycles. The Kier molecular flexibility index (Phi) is 4.01. The molecule has 2 rings (SSSR count). The van der Waals surface area contributed by atoms with Gasteiger partial charge in [-0.2, -0.15) is 0 Å². The van der Waals surface area contributed by atoms with Gasteiger partial charge in [-0.3, -0.25) is 4.79 Å². The molecule has 0 spiro atoms. The molecule has 1 aromatic heterocycles. The predicted molar refractivity (Wildman–Crippen MR) is 68.5 cm³/mol. The van der Waals surface area contributed by atoms with Gasteiger partial charge in [0.1, 0.15) is 5.75 Å². The summed E-state index contributed by atoms with van der Waals surface area (Å²) >= 11 is 6.17. The number of carboxylic acid groups (broad SMARTS) is 1. The normalized spacial score (nSPS) is 10.4. The smallest absolute Gasteiger partial charge is 0.309 e. The van der Waals surface area contributed by atoms with E-state index in [1.54, 1.807) is 24.1 Å². The highest BCUT2D eigenvalue weighted by Crippen LogP contribution is 2.28. The standard InChI is InChI=1S/C12H12ClN3O3/c1-19-10-4-2-3-8(12(10)13)6-16-7-9(14-15-16)5-11(17)18/h2-4,7H,5-6H2,1H3,(H,17,18). The van der Waals surface area contributed by atoms with Crippen molar-refractivity contribution in [3.63, 3.8) is 0 Å². The van der Waals surface area contributed by atoms with Crippen molar-refractivity contribution < 1.29 is 14.6 Å². The summed E-state index contributed by atoms with van der Waals surface area (Å²) < 4.78 is 6.67. The van der Waals surface area contributed by atoms with Crippen LogP contribution < -0.4 is 4.74 Å². The monoisotopic (exact) mass is 281 g/mol. The molecule has 19 heavy (non-hydrogen) atoms. The van der Waals surface area contributed by atoms with Gasteiger partial charge in [0.15, 0.2) is 0 Å². The zero-order valence-corrected chi connectivity index (χ0v) is 11.0. The first-order valence-electron chi connectivity index (χ1n) is 5.52. The molecule has 7 heteroatoms. The van der Waals surface area contributed by atoms with Gasteiger partial charge >= 0.3 is 5.97 Å². The van der Waals surface area contributed by atoms with E-state index < -0.39 is 5.97 Å². The van der Waals surface area contributed by atoms with Crippen LogP contribution in [0.1, 0.15) is 11.3 Å². The maximum absolute atomic E-state index is 10.6. The molecule has 0 saturated carbocycles. The predicted octanol–water partition coefficient (Wildman–Crippen LogP) is 1.62. The van der Waals surface area contributed by atoms with E-state index in [-0.39, 0.29) is 6.42 Å². The Morgan fingerprint density at radius 3 is 3.00 bits per heavy atom. The molecule has 0 radical (unpaired) electrons. The molecule has 100 valence electrons. The van der Waals surface area contributed by atoms with Crippen molar-refractivity contribution in [2.24, 2.45) is 0 Å². The van der Waals surface area contributed by atoms with Crippen LogP contribution in [0.4, 0.5) is 0 Å². The van der Waals surface area contributed by atoms with Crippen molar-refractivity contribution in [3.05, 3.63) is 40.7 Å². The molecule has 0 unspecified atom stereocenters. The summed E-state index contributed by atoms with van der Waals surface area (Å²) in [5, 5.41) is 16.8. The van der Waals surface area contributed by atoms with Crippen LogP contribution in [0.2, 0.25) is 5.02 Å². The Labute approximate surface area is 114 Å². The second-order valence-corrected chi connectivity index (χ2v) is 4.29. The van der Waals surface area contributed by atoms with Crippen LogP contribution in [-0.2, 0) is 17.8 Å². The number of methoxy groups -OCH3 is 1. The number of hydrogen-bond donors (Lipinski definition) is 1. The second kappa shape index (κ2) is 5.71. The van der Waals surface area contributed by atoms with E-state index >= 15 is 0 Å². The molecule has 2 aromatic rings. The minimum absolute atomic E-state index is 0.147. The van der Waals surface area contributed by atoms with Gasteiger partial charge in [0.2, 0.25) is 0 Å². The fourth-order valence-electron chi connectivity index (χ4n) is 1.66. The zero-order valence-electron chi connectivity index (χ0n) is 10.2. The quantitative estimate of drug-likeness (QED) is 0.901. The lowest BCUT2D eigenvalue weighted by atomic mass is 10.2. The Morgan fingerprint density at radius 2 is 2.32 bits per heavy atom. The number of ether oxygens (including phenoxy) is 1. The highest BCUT2D eigenvalue weighted by atomic mass is 35.5. The number of aromatic nitrogens is 3. The molecular weight excluding hydrogens is 270 g/mol. The van der Waals surface area contributed by atoms with E-state index in [1.165, 1.54) is 0 Å². The highest BCUT2D eigenvalue weighted by Gasteiger charge is 2.09. The van der Waals surface area contributed by atoms with Gasteiger partial charge < -0.3 is 9.84 Å². The molecule has 0 amide bonds. The van der Waals surface area contributed by atoms with E-state index in [9.17, 15) is 4.79 Å². The maximum atomic E-state index is 10.6. The fourth-order valence-corrected chi connectivity index (χ4v) is 1.93. The third kappa shape index (κ3) is 3.23. The Bertz CT molecular complexity index is 598. The van der Waals surface area contributed by atoms with Crippen LogP contribution in [0.5, 0.6) is 5.75 Å². The number of carbonyl (C=O) groups is 1. The average Bonchev–Trinajstić information content (AvgIpc) is 2.78. The second-order valence-electron chi connectivity index (χ2n) is 3.91. The van der Waals surface area contributed by atoms with Crippen LogP contribution in [0.25, 0.3) is 0 Å². The van der Waals surface area contributed by atoms with Crippen LogP contribution in [0, 0.1) is 0 Å². The Morgan fingerprint density at radius 1 is 1.53 bits per heavy atom. The molecule has 0 atom stereocenters. The van der Waals surface area contributed by atoms with Crippen molar-refractivity contribution in [1.29, 1.82) is 0 Å². The van der Waals surface area contributed by atoms with E-state index in [4.69, 9.17) is 21.4 Å². The highest BCUT2D eigenvalue weighted by molar-refractivity contribution is 6.32. The van der Waals surface area contributed by atoms with Gasteiger partial charge in [-0.25, -0.2) is 4.68 Å². The molecule has 1 aromatic carbocycles. The number of halogens is 1. The van der Waals surface area contributed by atoms with Crippen LogP contribution in [-0.4, -0.2) is 33.2 Å². The van der Waals surface area contributed by atoms with Crippen LogP contribution in [0.15, 0.2) is 24.4 Å². The number of carboxylic acids is 1. The number of rotatable bonds is 5. The summed E-state index contributed by atoms with van der Waals surface area (Å²) in [7, 11) is 1.55. The number of aliphatic carboxylic acids is 1. The lowest BCUT2D eigenvalue weighted by Gasteiger charge is -2.07. The molecule has 1 N–H and O–H groups in total. The third-order valence-corrected chi connectivity index (χ3v) is 2.94. The summed E-state index contributed by atoms with van der Waals surface area (Å²) in [5.41, 5.74) is 1.24. The summed E-state index contributed by atoms with van der Waals surface area (Å²) in [5.74, 6) is -0.350. The lowest BCUT2D eigenvalue weighted by Crippen LogP contribution is -2.02. The van der Waals surface area contributed by atoms with Gasteiger partial charge in [0.05, 0.1) is 30.8 Å². The molecule has 0 aliphatic carbocycles. The molecule has 0 aliphatic rings. The summed E-state index contributed by atoms with van der Waals surface area (Å²) in [6.07, 6.45) is 1.44. The zero-order chi connectivity index (χ0) is 13.8. The lowest BCUT2D eigenvalue weighted by molar-refractivity contribution is -0.136. The topological polar surface area (TPSA) is 77.2 Å². The number of benzene rings is 1. The van der Waals surface area contributed by atoms with Crippen LogP contribution in [0.3, 0.4) is 0 Å². The summed E-state index contributed by atoms with van der Waals surface area (Å²) in [6.45, 7) is 0.405. The SMILES string of the molecule is COc1cccc(Cn2cc(CC(=O)O)nn2)c1Cl. The van der Waals surface area contributed by atoms with Crippen molar-refractivity contribution in [2.45, 2.75) is 13.0 Å². The molecule has 0 fully saturated rings. The van der Waals surface area contributed by atoms with E-state index in [2.05, 4.69) is 10.3 Å². The van der Waals surface area contributed by atoms with Crippen molar-refractivity contribution in [3.8, 4) is 5.75 Å². The minimum Gasteiger partial charge on any atom is -0.495 e. The molecule has 0 bridgehead atoms. The van der Waals surface area contributed by atoms with E-state index in [0.29, 0.717) is 23.0 Å². The van der Waals surface area contributed by atoms with Crippen molar-refractivity contribution in [1.82, 2.24) is 15.0 Å². The van der Waals surface area contributed by atoms with Gasteiger partial charge in [-0.05, 0) is 11.6 Å². The Hall–Kier alpha value is -2.08.